The molecule has 0 atom stereocenters. The van der Waals surface area contributed by atoms with Crippen molar-refractivity contribution in [2.75, 3.05) is 34.5 Å². The van der Waals surface area contributed by atoms with E-state index in [-0.39, 0.29) is 47.7 Å². The van der Waals surface area contributed by atoms with Crippen LogP contribution in [0.1, 0.15) is 94.1 Å². The number of aryl methyl sites for hydroxylation is 2. The van der Waals surface area contributed by atoms with Gasteiger partial charge in [-0.15, -0.1) is 0 Å². The second kappa shape index (κ2) is 19.1. The predicted molar refractivity (Wildman–Crippen MR) is 173 cm³/mol. The molecule has 0 unspecified atom stereocenters. The standard InChI is InChI=1S/C17H23N3O3.C16H21N3O3.Li.H2O/c1-10(2)12-8-11(3)13(17(21)23-5)9-14(12)16-18-15(19-20-16)6-7-22-4;1-9(2)11-7-10(3)12(16(20)21)8-13(11)15-17-14(18-19-15)5-6-22-4;;/h8-10H,6-7H2,1-5H3,(H,18,19,20);7-9H,5-6H2,1-4H3,(H,20,21)(H,17,18,19);;1H2/q;;+1;/p-1. The summed E-state index contributed by atoms with van der Waals surface area (Å²) in [6.07, 6.45) is 1.30. The third-order valence-corrected chi connectivity index (χ3v) is 7.30. The fourth-order valence-corrected chi connectivity index (χ4v) is 4.82. The van der Waals surface area contributed by atoms with Crippen LogP contribution in [0.2, 0.25) is 0 Å². The number of rotatable bonds is 12. The second-order valence-electron chi connectivity index (χ2n) is 11.3. The van der Waals surface area contributed by atoms with Crippen molar-refractivity contribution in [3.8, 4) is 22.8 Å². The van der Waals surface area contributed by atoms with Gasteiger partial charge in [-0.25, -0.2) is 19.6 Å². The average Bonchev–Trinajstić information content (AvgIpc) is 3.68. The first-order valence-electron chi connectivity index (χ1n) is 14.8. The maximum atomic E-state index is 12.0. The number of carboxylic acids is 1. The number of H-pyrrole nitrogens is 2. The molecule has 0 aliphatic rings. The van der Waals surface area contributed by atoms with E-state index in [2.05, 4.69) is 58.1 Å². The molecule has 4 N–H and O–H groups in total. The Kier molecular flexibility index (Phi) is 16.7. The van der Waals surface area contributed by atoms with Gasteiger partial charge in [0, 0.05) is 38.2 Å². The number of nitrogens with zero attached hydrogens (tertiary/aromatic N) is 4. The van der Waals surface area contributed by atoms with E-state index in [9.17, 15) is 14.7 Å². The molecule has 0 amide bonds. The Morgan fingerprint density at radius 2 is 1.15 bits per heavy atom. The zero-order chi connectivity index (χ0) is 33.3. The fraction of sp³-hybridized carbons (Fsp3) is 0.455. The van der Waals surface area contributed by atoms with Gasteiger partial charge in [-0.3, -0.25) is 10.2 Å². The summed E-state index contributed by atoms with van der Waals surface area (Å²) in [6, 6.07) is 7.40. The number of carbonyl (C=O) groups excluding carboxylic acids is 1. The van der Waals surface area contributed by atoms with Gasteiger partial charge in [0.2, 0.25) is 0 Å². The Hall–Kier alpha value is -3.86. The number of methoxy groups -OCH3 is 3. The molecule has 14 heteroatoms. The Morgan fingerprint density at radius 1 is 0.745 bits per heavy atom. The molecule has 0 spiro atoms. The molecule has 13 nitrogen and oxygen atoms in total. The van der Waals surface area contributed by atoms with Gasteiger partial charge in [0.1, 0.15) is 11.6 Å². The summed E-state index contributed by atoms with van der Waals surface area (Å²) in [4.78, 5) is 32.3. The molecule has 4 aromatic rings. The molecule has 0 fully saturated rings. The summed E-state index contributed by atoms with van der Waals surface area (Å²) in [7, 11) is 4.66. The molecular weight excluding hydrogens is 599 g/mol. The van der Waals surface area contributed by atoms with Crippen LogP contribution in [0, 0.1) is 13.8 Å². The molecule has 2 aromatic carbocycles. The molecule has 4 rings (SSSR count). The third kappa shape index (κ3) is 10.6. The van der Waals surface area contributed by atoms with E-state index >= 15 is 0 Å². The zero-order valence-corrected chi connectivity index (χ0v) is 29.0. The van der Waals surface area contributed by atoms with Crippen LogP contribution >= 0.6 is 0 Å². The molecule has 0 saturated carbocycles. The SMILES string of the molecule is COCCc1nc(-c2cc(C(=O)O)c(C)cc2C(C)C)n[nH]1.COCCc1nc(-c2cc(C(=O)OC)c(C)cc2C(C)C)n[nH]1.[Li+].[OH-]. The first kappa shape index (κ1) is 41.2. The number of carbonyl (C=O) groups is 2. The van der Waals surface area contributed by atoms with Crippen molar-refractivity contribution in [1.29, 1.82) is 0 Å². The normalized spacial score (nSPS) is 10.6. The van der Waals surface area contributed by atoms with E-state index in [4.69, 9.17) is 14.2 Å². The number of nitrogens with one attached hydrogen (secondary N) is 2. The van der Waals surface area contributed by atoms with Crippen LogP contribution in [0.3, 0.4) is 0 Å². The van der Waals surface area contributed by atoms with Gasteiger partial charge in [-0.05, 0) is 60.1 Å². The number of hydrogen-bond donors (Lipinski definition) is 3. The summed E-state index contributed by atoms with van der Waals surface area (Å²) in [5.74, 6) is 1.84. The van der Waals surface area contributed by atoms with Crippen LogP contribution in [0.25, 0.3) is 22.8 Å². The van der Waals surface area contributed by atoms with Crippen molar-refractivity contribution in [1.82, 2.24) is 30.4 Å². The van der Waals surface area contributed by atoms with Gasteiger partial charge >= 0.3 is 30.8 Å². The summed E-state index contributed by atoms with van der Waals surface area (Å²) in [5.41, 5.74) is 6.21. The number of ether oxygens (including phenoxy) is 3. The van der Waals surface area contributed by atoms with Crippen LogP contribution in [0.5, 0.6) is 0 Å². The van der Waals surface area contributed by atoms with Gasteiger partial charge in [-0.2, -0.15) is 10.2 Å². The molecular formula is C33H45LiN6O7. The van der Waals surface area contributed by atoms with Gasteiger partial charge < -0.3 is 24.8 Å². The predicted octanol–water partition coefficient (Wildman–Crippen LogP) is 2.50. The van der Waals surface area contributed by atoms with Crippen molar-refractivity contribution in [2.45, 2.75) is 66.2 Å². The largest absolute Gasteiger partial charge is 1.00 e. The van der Waals surface area contributed by atoms with E-state index in [0.29, 0.717) is 43.3 Å². The molecule has 2 heterocycles. The van der Waals surface area contributed by atoms with E-state index in [1.807, 2.05) is 25.1 Å². The minimum atomic E-state index is -0.941. The van der Waals surface area contributed by atoms with E-state index in [0.717, 1.165) is 45.0 Å². The first-order valence-corrected chi connectivity index (χ1v) is 14.8. The minimum Gasteiger partial charge on any atom is -0.870 e. The Balaban J connectivity index is 0.000000451. The van der Waals surface area contributed by atoms with Crippen molar-refractivity contribution in [3.05, 3.63) is 69.3 Å². The maximum Gasteiger partial charge on any atom is 1.00 e. The van der Waals surface area contributed by atoms with Gasteiger partial charge in [0.25, 0.3) is 0 Å². The molecule has 0 aliphatic heterocycles. The van der Waals surface area contributed by atoms with Gasteiger partial charge in [0.15, 0.2) is 11.6 Å². The molecule has 0 aliphatic carbocycles. The van der Waals surface area contributed by atoms with Crippen molar-refractivity contribution in [2.24, 2.45) is 0 Å². The van der Waals surface area contributed by atoms with E-state index < -0.39 is 5.97 Å². The average molecular weight is 645 g/mol. The Morgan fingerprint density at radius 3 is 1.51 bits per heavy atom. The van der Waals surface area contributed by atoms with Crippen LogP contribution in [0.4, 0.5) is 0 Å². The Bertz CT molecular complexity index is 1620. The number of hydrogen-bond acceptors (Lipinski definition) is 10. The number of esters is 1. The number of aromatic nitrogens is 6. The number of benzene rings is 2. The Labute approximate surface area is 287 Å². The third-order valence-electron chi connectivity index (χ3n) is 7.30. The monoisotopic (exact) mass is 644 g/mol. The van der Waals surface area contributed by atoms with Crippen LogP contribution in [-0.2, 0) is 27.1 Å². The molecule has 250 valence electrons. The summed E-state index contributed by atoms with van der Waals surface area (Å²) < 4.78 is 14.9. The molecule has 0 saturated heterocycles. The topological polar surface area (TPSA) is 195 Å². The molecule has 47 heavy (non-hydrogen) atoms. The number of aromatic amines is 2. The summed E-state index contributed by atoms with van der Waals surface area (Å²) >= 11 is 0. The first-order chi connectivity index (χ1) is 21.4. The number of aromatic carboxylic acids is 1. The second-order valence-corrected chi connectivity index (χ2v) is 11.3. The summed E-state index contributed by atoms with van der Waals surface area (Å²) in [5, 5.41) is 23.7. The van der Waals surface area contributed by atoms with Crippen molar-refractivity contribution >= 4 is 11.9 Å². The minimum absolute atomic E-state index is 0. The van der Waals surface area contributed by atoms with E-state index in [1.54, 1.807) is 27.2 Å². The van der Waals surface area contributed by atoms with Gasteiger partial charge in [-0.1, -0.05) is 39.8 Å². The van der Waals surface area contributed by atoms with Crippen molar-refractivity contribution < 1.29 is 53.2 Å². The zero-order valence-electron chi connectivity index (χ0n) is 29.0. The van der Waals surface area contributed by atoms with Crippen LogP contribution < -0.4 is 18.9 Å². The van der Waals surface area contributed by atoms with Gasteiger partial charge in [0.05, 0.1) is 31.5 Å². The van der Waals surface area contributed by atoms with Crippen molar-refractivity contribution in [3.63, 3.8) is 0 Å². The quantitative estimate of drug-likeness (QED) is 0.151. The molecule has 0 bridgehead atoms. The number of carboxylic acid groups (broad SMARTS) is 1. The van der Waals surface area contributed by atoms with Crippen LogP contribution in [-0.4, -0.2) is 87.4 Å². The van der Waals surface area contributed by atoms with E-state index in [1.165, 1.54) is 7.11 Å². The summed E-state index contributed by atoms with van der Waals surface area (Å²) in [6.45, 7) is 13.2. The molecule has 0 radical (unpaired) electrons. The maximum absolute atomic E-state index is 12.0. The smallest absolute Gasteiger partial charge is 0.870 e. The van der Waals surface area contributed by atoms with Crippen LogP contribution in [0.15, 0.2) is 24.3 Å². The fourth-order valence-electron chi connectivity index (χ4n) is 4.82. The molecule has 2 aromatic heterocycles.